The summed E-state index contributed by atoms with van der Waals surface area (Å²) in [6.45, 7) is 4.35. The number of hydrogen-bond acceptors (Lipinski definition) is 4. The summed E-state index contributed by atoms with van der Waals surface area (Å²) in [7, 11) is 0. The molecule has 1 aromatic heterocycles. The topological polar surface area (TPSA) is 77.9 Å². The van der Waals surface area contributed by atoms with Crippen molar-refractivity contribution in [1.29, 1.82) is 0 Å². The van der Waals surface area contributed by atoms with E-state index in [2.05, 4.69) is 0 Å². The Bertz CT molecular complexity index is 613. The van der Waals surface area contributed by atoms with Crippen molar-refractivity contribution in [2.24, 2.45) is 0 Å². The van der Waals surface area contributed by atoms with Crippen LogP contribution in [0.2, 0.25) is 0 Å². The van der Waals surface area contributed by atoms with Crippen molar-refractivity contribution in [2.75, 3.05) is 19.6 Å². The van der Waals surface area contributed by atoms with E-state index in [0.717, 1.165) is 29.7 Å². The Kier molecular flexibility index (Phi) is 6.36. The van der Waals surface area contributed by atoms with Gasteiger partial charge in [0, 0.05) is 26.1 Å². The van der Waals surface area contributed by atoms with E-state index in [1.807, 2.05) is 23.3 Å². The molecule has 1 unspecified atom stereocenters. The molecule has 7 heteroatoms. The Labute approximate surface area is 146 Å². The number of thiophene rings is 1. The predicted molar refractivity (Wildman–Crippen MR) is 92.3 cm³/mol. The number of carboxylic acids is 1. The van der Waals surface area contributed by atoms with E-state index in [4.69, 9.17) is 5.11 Å². The minimum atomic E-state index is -1.01. The van der Waals surface area contributed by atoms with Gasteiger partial charge in [-0.1, -0.05) is 6.92 Å². The molecular weight excluding hydrogens is 328 g/mol. The third kappa shape index (κ3) is 4.35. The Morgan fingerprint density at radius 2 is 2.08 bits per heavy atom. The Morgan fingerprint density at radius 3 is 2.71 bits per heavy atom. The van der Waals surface area contributed by atoms with E-state index in [-0.39, 0.29) is 24.4 Å². The van der Waals surface area contributed by atoms with Crippen LogP contribution in [0.4, 0.5) is 0 Å². The second kappa shape index (κ2) is 8.28. The normalized spacial score (nSPS) is 18.1. The van der Waals surface area contributed by atoms with Gasteiger partial charge in [0.25, 0.3) is 5.91 Å². The molecule has 132 valence electrons. The van der Waals surface area contributed by atoms with E-state index >= 15 is 0 Å². The van der Waals surface area contributed by atoms with Gasteiger partial charge in [-0.3, -0.25) is 14.4 Å². The molecule has 1 aliphatic heterocycles. The summed E-state index contributed by atoms with van der Waals surface area (Å²) >= 11 is 1.47. The van der Waals surface area contributed by atoms with E-state index in [1.54, 1.807) is 0 Å². The van der Waals surface area contributed by atoms with Gasteiger partial charge in [-0.15, -0.1) is 11.3 Å². The van der Waals surface area contributed by atoms with Crippen molar-refractivity contribution in [3.05, 3.63) is 21.9 Å². The van der Waals surface area contributed by atoms with Crippen LogP contribution in [0.1, 0.15) is 48.3 Å². The summed E-state index contributed by atoms with van der Waals surface area (Å²) in [5.41, 5.74) is 1.07. The fourth-order valence-electron chi connectivity index (χ4n) is 3.18. The first-order valence-electron chi connectivity index (χ1n) is 8.28. The lowest BCUT2D eigenvalue weighted by atomic mass is 10.1. The molecular formula is C17H24N2O4S. The maximum atomic E-state index is 12.7. The van der Waals surface area contributed by atoms with Gasteiger partial charge >= 0.3 is 5.97 Å². The highest BCUT2D eigenvalue weighted by atomic mass is 32.1. The number of nitrogens with zero attached hydrogens (tertiary/aromatic N) is 2. The number of amides is 2. The number of hydrogen-bond donors (Lipinski definition) is 1. The van der Waals surface area contributed by atoms with Gasteiger partial charge in [0.15, 0.2) is 0 Å². The number of carbonyl (C=O) groups is 3. The average molecular weight is 352 g/mol. The molecule has 0 saturated carbocycles. The minimum absolute atomic E-state index is 0.0510. The largest absolute Gasteiger partial charge is 0.480 e. The van der Waals surface area contributed by atoms with Crippen LogP contribution in [0.15, 0.2) is 11.4 Å². The van der Waals surface area contributed by atoms with Gasteiger partial charge < -0.3 is 14.9 Å². The Morgan fingerprint density at radius 1 is 1.33 bits per heavy atom. The van der Waals surface area contributed by atoms with Crippen molar-refractivity contribution in [2.45, 2.75) is 45.6 Å². The summed E-state index contributed by atoms with van der Waals surface area (Å²) in [6, 6.07) is 1.87. The quantitative estimate of drug-likeness (QED) is 0.881. The van der Waals surface area contributed by atoms with E-state index in [0.29, 0.717) is 19.5 Å². The van der Waals surface area contributed by atoms with Crippen molar-refractivity contribution in [1.82, 2.24) is 9.80 Å². The summed E-state index contributed by atoms with van der Waals surface area (Å²) in [5, 5.41) is 10.9. The van der Waals surface area contributed by atoms with Crippen LogP contribution in [-0.2, 0) is 16.0 Å². The van der Waals surface area contributed by atoms with Crippen LogP contribution in [-0.4, -0.2) is 58.4 Å². The summed E-state index contributed by atoms with van der Waals surface area (Å²) in [4.78, 5) is 39.5. The highest BCUT2D eigenvalue weighted by molar-refractivity contribution is 7.12. The lowest BCUT2D eigenvalue weighted by molar-refractivity contribution is -0.145. The van der Waals surface area contributed by atoms with Crippen LogP contribution in [0.5, 0.6) is 0 Å². The zero-order valence-electron chi connectivity index (χ0n) is 14.2. The van der Waals surface area contributed by atoms with Crippen molar-refractivity contribution in [3.63, 3.8) is 0 Å². The molecule has 0 spiro atoms. The van der Waals surface area contributed by atoms with E-state index in [9.17, 15) is 14.4 Å². The van der Waals surface area contributed by atoms with Crippen molar-refractivity contribution in [3.8, 4) is 0 Å². The molecule has 1 atom stereocenters. The predicted octanol–water partition coefficient (Wildman–Crippen LogP) is 2.24. The maximum Gasteiger partial charge on any atom is 0.323 e. The van der Waals surface area contributed by atoms with Crippen LogP contribution < -0.4 is 0 Å². The molecule has 2 rings (SSSR count). The standard InChI is InChI=1S/C17H24N2O4S/c1-3-13-7-10-24-16(13)17(23)18-8-4-5-14(6-9-18)19(12(2)20)11-15(21)22/h7,10,14H,3-6,8-9,11H2,1-2H3,(H,21,22). The smallest absolute Gasteiger partial charge is 0.323 e. The first-order valence-corrected chi connectivity index (χ1v) is 9.16. The molecule has 24 heavy (non-hydrogen) atoms. The second-order valence-electron chi connectivity index (χ2n) is 6.05. The number of aliphatic carboxylic acids is 1. The molecule has 1 saturated heterocycles. The van der Waals surface area contributed by atoms with Gasteiger partial charge in [0.05, 0.1) is 4.88 Å². The fraction of sp³-hybridized carbons (Fsp3) is 0.588. The highest BCUT2D eigenvalue weighted by Gasteiger charge is 2.28. The highest BCUT2D eigenvalue weighted by Crippen LogP contribution is 2.23. The second-order valence-corrected chi connectivity index (χ2v) is 6.96. The molecule has 0 bridgehead atoms. The monoisotopic (exact) mass is 352 g/mol. The molecule has 6 nitrogen and oxygen atoms in total. The van der Waals surface area contributed by atoms with E-state index < -0.39 is 5.97 Å². The van der Waals surface area contributed by atoms with Crippen molar-refractivity contribution < 1.29 is 19.5 Å². The van der Waals surface area contributed by atoms with Crippen LogP contribution >= 0.6 is 11.3 Å². The average Bonchev–Trinajstić information content (AvgIpc) is 2.88. The molecule has 1 aliphatic rings. The minimum Gasteiger partial charge on any atom is -0.480 e. The maximum absolute atomic E-state index is 12.7. The molecule has 1 N–H and O–H groups in total. The van der Waals surface area contributed by atoms with Crippen LogP contribution in [0.25, 0.3) is 0 Å². The molecule has 1 fully saturated rings. The third-order valence-electron chi connectivity index (χ3n) is 4.46. The summed E-state index contributed by atoms with van der Waals surface area (Å²) in [6.07, 6.45) is 2.94. The number of likely N-dealkylation sites (tertiary alicyclic amines) is 1. The lowest BCUT2D eigenvalue weighted by Crippen LogP contribution is -2.43. The lowest BCUT2D eigenvalue weighted by Gasteiger charge is -2.28. The molecule has 0 aliphatic carbocycles. The zero-order valence-corrected chi connectivity index (χ0v) is 15.0. The summed E-state index contributed by atoms with van der Waals surface area (Å²) < 4.78 is 0. The van der Waals surface area contributed by atoms with Gasteiger partial charge in [0.1, 0.15) is 6.54 Å². The SMILES string of the molecule is CCc1ccsc1C(=O)N1CCCC(N(CC(=O)O)C(C)=O)CC1. The first-order chi connectivity index (χ1) is 11.4. The molecule has 2 heterocycles. The van der Waals surface area contributed by atoms with Gasteiger partial charge in [-0.05, 0) is 42.7 Å². The van der Waals surface area contributed by atoms with E-state index in [1.165, 1.54) is 23.2 Å². The summed E-state index contributed by atoms with van der Waals surface area (Å²) in [5.74, 6) is -1.18. The first kappa shape index (κ1) is 18.4. The number of carbonyl (C=O) groups excluding carboxylic acids is 2. The molecule has 2 amide bonds. The molecule has 0 aromatic carbocycles. The zero-order chi connectivity index (χ0) is 17.7. The van der Waals surface area contributed by atoms with Crippen LogP contribution in [0, 0.1) is 0 Å². The number of carboxylic acid groups (broad SMARTS) is 1. The fourth-order valence-corrected chi connectivity index (χ4v) is 4.14. The van der Waals surface area contributed by atoms with Gasteiger partial charge in [0.2, 0.25) is 5.91 Å². The molecule has 0 radical (unpaired) electrons. The number of aryl methyl sites for hydroxylation is 1. The number of rotatable bonds is 5. The third-order valence-corrected chi connectivity index (χ3v) is 5.40. The van der Waals surface area contributed by atoms with Crippen LogP contribution in [0.3, 0.4) is 0 Å². The van der Waals surface area contributed by atoms with Gasteiger partial charge in [-0.2, -0.15) is 0 Å². The van der Waals surface area contributed by atoms with Gasteiger partial charge in [-0.25, -0.2) is 0 Å². The Hall–Kier alpha value is -1.89. The molecule has 1 aromatic rings. The Balaban J connectivity index is 2.05. The van der Waals surface area contributed by atoms with Crippen molar-refractivity contribution >= 4 is 29.1 Å².